The Hall–Kier alpha value is -1.06. The molecule has 4 heteroatoms. The summed E-state index contributed by atoms with van der Waals surface area (Å²) in [6.07, 6.45) is 7.23. The Morgan fingerprint density at radius 1 is 1.20 bits per heavy atom. The number of rotatable bonds is 5. The topological polar surface area (TPSA) is 66.4 Å². The van der Waals surface area contributed by atoms with Crippen molar-refractivity contribution in [3.63, 3.8) is 0 Å². The molecule has 0 bridgehead atoms. The summed E-state index contributed by atoms with van der Waals surface area (Å²) in [5, 5.41) is 12.4. The van der Waals surface area contributed by atoms with Crippen LogP contribution < -0.4 is 5.32 Å². The lowest BCUT2D eigenvalue weighted by Gasteiger charge is -2.23. The average Bonchev–Trinajstić information content (AvgIpc) is 3.07. The van der Waals surface area contributed by atoms with Gasteiger partial charge in [0.25, 0.3) is 0 Å². The van der Waals surface area contributed by atoms with Gasteiger partial charge in [-0.1, -0.05) is 26.2 Å². The van der Waals surface area contributed by atoms with Crippen molar-refractivity contribution in [3.8, 4) is 0 Å². The molecule has 0 aromatic carbocycles. The highest BCUT2D eigenvalue weighted by molar-refractivity contribution is 5.85. The predicted octanol–water partition coefficient (Wildman–Crippen LogP) is 2.82. The molecule has 2 aliphatic rings. The summed E-state index contributed by atoms with van der Waals surface area (Å²) in [4.78, 5) is 23.8. The molecule has 0 radical (unpaired) electrons. The van der Waals surface area contributed by atoms with Crippen LogP contribution in [0.3, 0.4) is 0 Å². The van der Waals surface area contributed by atoms with Crippen LogP contribution in [0, 0.1) is 23.7 Å². The van der Waals surface area contributed by atoms with Crippen molar-refractivity contribution in [1.29, 1.82) is 0 Å². The Labute approximate surface area is 121 Å². The molecule has 1 amide bonds. The van der Waals surface area contributed by atoms with E-state index in [-0.39, 0.29) is 17.9 Å². The lowest BCUT2D eigenvalue weighted by Crippen LogP contribution is -2.42. The first kappa shape index (κ1) is 15.3. The van der Waals surface area contributed by atoms with E-state index in [0.29, 0.717) is 18.3 Å². The normalized spacial score (nSPS) is 32.2. The third-order valence-corrected chi connectivity index (χ3v) is 5.37. The van der Waals surface area contributed by atoms with E-state index in [0.717, 1.165) is 12.8 Å². The van der Waals surface area contributed by atoms with Gasteiger partial charge in [-0.3, -0.25) is 9.59 Å². The van der Waals surface area contributed by atoms with Crippen LogP contribution in [0.4, 0.5) is 0 Å². The van der Waals surface area contributed by atoms with E-state index < -0.39 is 11.9 Å². The summed E-state index contributed by atoms with van der Waals surface area (Å²) in [6.45, 7) is 4.14. The Balaban J connectivity index is 1.94. The van der Waals surface area contributed by atoms with Gasteiger partial charge in [0, 0.05) is 6.04 Å². The third-order valence-electron chi connectivity index (χ3n) is 5.37. The van der Waals surface area contributed by atoms with Crippen LogP contribution in [0.1, 0.15) is 58.8 Å². The first-order valence-electron chi connectivity index (χ1n) is 8.06. The van der Waals surface area contributed by atoms with E-state index >= 15 is 0 Å². The summed E-state index contributed by atoms with van der Waals surface area (Å²) in [6, 6.07) is 0.181. The second-order valence-corrected chi connectivity index (χ2v) is 6.64. The lowest BCUT2D eigenvalue weighted by molar-refractivity contribution is -0.146. The number of hydrogen-bond donors (Lipinski definition) is 2. The largest absolute Gasteiger partial charge is 0.481 e. The number of carbonyl (C=O) groups excluding carboxylic acids is 1. The van der Waals surface area contributed by atoms with E-state index in [4.69, 9.17) is 0 Å². The van der Waals surface area contributed by atoms with Crippen molar-refractivity contribution in [2.45, 2.75) is 64.8 Å². The van der Waals surface area contributed by atoms with Crippen LogP contribution in [0.15, 0.2) is 0 Å². The summed E-state index contributed by atoms with van der Waals surface area (Å²) < 4.78 is 0. The molecule has 3 unspecified atom stereocenters. The maximum atomic E-state index is 12.4. The number of aliphatic carboxylic acids is 1. The van der Waals surface area contributed by atoms with Gasteiger partial charge >= 0.3 is 5.97 Å². The lowest BCUT2D eigenvalue weighted by atomic mass is 9.93. The molecule has 0 aromatic heterocycles. The Morgan fingerprint density at radius 3 is 2.35 bits per heavy atom. The number of nitrogens with one attached hydrogen (secondary N) is 1. The maximum absolute atomic E-state index is 12.4. The average molecular weight is 281 g/mol. The predicted molar refractivity (Wildman–Crippen MR) is 77.2 cm³/mol. The van der Waals surface area contributed by atoms with E-state index in [1.807, 2.05) is 0 Å². The van der Waals surface area contributed by atoms with Gasteiger partial charge in [0.05, 0.1) is 11.8 Å². The van der Waals surface area contributed by atoms with Crippen molar-refractivity contribution >= 4 is 11.9 Å². The molecule has 2 saturated carbocycles. The van der Waals surface area contributed by atoms with E-state index in [9.17, 15) is 14.7 Å². The molecule has 0 saturated heterocycles. The molecule has 4 atom stereocenters. The zero-order chi connectivity index (χ0) is 14.7. The molecule has 2 rings (SSSR count). The minimum absolute atomic E-state index is 0.0345. The molecule has 2 N–H and O–H groups in total. The Morgan fingerprint density at radius 2 is 1.80 bits per heavy atom. The molecule has 0 spiro atoms. The minimum Gasteiger partial charge on any atom is -0.481 e. The fourth-order valence-electron chi connectivity index (χ4n) is 3.95. The third kappa shape index (κ3) is 3.33. The van der Waals surface area contributed by atoms with E-state index in [2.05, 4.69) is 19.2 Å². The maximum Gasteiger partial charge on any atom is 0.307 e. The molecular weight excluding hydrogens is 254 g/mol. The van der Waals surface area contributed by atoms with Crippen LogP contribution in [-0.4, -0.2) is 23.0 Å². The smallest absolute Gasteiger partial charge is 0.307 e. The van der Waals surface area contributed by atoms with Gasteiger partial charge in [0.1, 0.15) is 0 Å². The van der Waals surface area contributed by atoms with Gasteiger partial charge in [0.15, 0.2) is 0 Å². The quantitative estimate of drug-likeness (QED) is 0.814. The Bertz CT molecular complexity index is 363. The number of carboxylic acids is 1. The molecular formula is C16H27NO3. The van der Waals surface area contributed by atoms with Crippen molar-refractivity contribution in [3.05, 3.63) is 0 Å². The monoisotopic (exact) mass is 281 g/mol. The van der Waals surface area contributed by atoms with Gasteiger partial charge in [0.2, 0.25) is 5.91 Å². The Kier molecular flexibility index (Phi) is 5.06. The summed E-state index contributed by atoms with van der Waals surface area (Å²) in [5.74, 6) is -0.710. The van der Waals surface area contributed by atoms with Crippen LogP contribution in [0.2, 0.25) is 0 Å². The van der Waals surface area contributed by atoms with Crippen LogP contribution >= 0.6 is 0 Å². The van der Waals surface area contributed by atoms with E-state index in [1.165, 1.54) is 25.7 Å². The SMILES string of the molecule is CCC1CC(C(=O)O)C(C(=O)N[C@H](C)C2CCCC2)C1. The van der Waals surface area contributed by atoms with Crippen molar-refractivity contribution in [1.82, 2.24) is 5.32 Å². The first-order chi connectivity index (χ1) is 9.52. The number of hydrogen-bond acceptors (Lipinski definition) is 2. The molecule has 20 heavy (non-hydrogen) atoms. The van der Waals surface area contributed by atoms with Crippen molar-refractivity contribution < 1.29 is 14.7 Å². The second-order valence-electron chi connectivity index (χ2n) is 6.64. The summed E-state index contributed by atoms with van der Waals surface area (Å²) in [5.41, 5.74) is 0. The highest BCUT2D eigenvalue weighted by atomic mass is 16.4. The van der Waals surface area contributed by atoms with Crippen LogP contribution in [0.5, 0.6) is 0 Å². The minimum atomic E-state index is -0.811. The first-order valence-corrected chi connectivity index (χ1v) is 8.06. The number of carboxylic acid groups (broad SMARTS) is 1. The van der Waals surface area contributed by atoms with Gasteiger partial charge in [-0.05, 0) is 44.4 Å². The summed E-state index contributed by atoms with van der Waals surface area (Å²) in [7, 11) is 0. The van der Waals surface area contributed by atoms with Gasteiger partial charge in [-0.25, -0.2) is 0 Å². The highest BCUT2D eigenvalue weighted by Gasteiger charge is 2.42. The van der Waals surface area contributed by atoms with Gasteiger partial charge in [-0.2, -0.15) is 0 Å². The van der Waals surface area contributed by atoms with Gasteiger partial charge in [-0.15, -0.1) is 0 Å². The second kappa shape index (κ2) is 6.59. The zero-order valence-corrected chi connectivity index (χ0v) is 12.6. The van der Waals surface area contributed by atoms with Crippen LogP contribution in [-0.2, 0) is 9.59 Å². The van der Waals surface area contributed by atoms with Crippen LogP contribution in [0.25, 0.3) is 0 Å². The van der Waals surface area contributed by atoms with E-state index in [1.54, 1.807) is 0 Å². The number of amides is 1. The molecule has 2 aliphatic carbocycles. The molecule has 0 aromatic rings. The van der Waals surface area contributed by atoms with Gasteiger partial charge < -0.3 is 10.4 Å². The fourth-order valence-corrected chi connectivity index (χ4v) is 3.95. The number of carbonyl (C=O) groups is 2. The summed E-state index contributed by atoms with van der Waals surface area (Å²) >= 11 is 0. The molecule has 4 nitrogen and oxygen atoms in total. The molecule has 0 heterocycles. The molecule has 2 fully saturated rings. The molecule has 0 aliphatic heterocycles. The fraction of sp³-hybridized carbons (Fsp3) is 0.875. The highest BCUT2D eigenvalue weighted by Crippen LogP contribution is 2.38. The zero-order valence-electron chi connectivity index (χ0n) is 12.6. The standard InChI is InChI=1S/C16H27NO3/c1-3-11-8-13(14(9-11)16(19)20)15(18)17-10(2)12-6-4-5-7-12/h10-14H,3-9H2,1-2H3,(H,17,18)(H,19,20)/t10-,11?,13?,14?/m1/s1. The van der Waals surface area contributed by atoms with Crippen molar-refractivity contribution in [2.75, 3.05) is 0 Å². The molecule has 114 valence electrons. The van der Waals surface area contributed by atoms with Crippen molar-refractivity contribution in [2.24, 2.45) is 23.7 Å².